The number of aliphatic hydroxyl groups is 1. The van der Waals surface area contributed by atoms with Gasteiger partial charge in [0.25, 0.3) is 0 Å². The number of fused-ring (bicyclic) bond motifs is 2. The summed E-state index contributed by atoms with van der Waals surface area (Å²) in [7, 11) is 0. The standard InChI is InChI=1S/C49H80N10O10S2/c1-5-33(4)43-47(67)55-39(46(66)53-34-15-21-59(22-16-34)28-42(63)54-37(44(50)64)13-14-40(61)51-20-8-6-7-9-23-60)31-71-30-36-12-10-11-35(52-36)29-70-26-17-41(62)58-49(18-24-69-25-19-49)48(68)56-38(27-32(2)3)45(65)57-43/h10-12,32-34,37-39,43,60H,5-9,13-31H2,1-4H3,(H2,50,64)(H,51,61)(H,53,66)(H,54,63)(H,55,67)(H,56,68)(H,57,65)(H,58,62)/t33-,37+,38-,39-,43-/m0/s1. The Bertz CT molecular complexity index is 1920. The number of likely N-dealkylation sites (tertiary alicyclic amines) is 1. The molecule has 0 aliphatic carbocycles. The summed E-state index contributed by atoms with van der Waals surface area (Å²) in [5.74, 6) is -2.32. The van der Waals surface area contributed by atoms with Gasteiger partial charge in [-0.25, -0.2) is 0 Å². The molecule has 0 unspecified atom stereocenters. The lowest BCUT2D eigenvalue weighted by atomic mass is 9.87. The number of thioether (sulfide) groups is 2. The van der Waals surface area contributed by atoms with Crippen LogP contribution in [0.25, 0.3) is 0 Å². The highest BCUT2D eigenvalue weighted by atomic mass is 32.2. The summed E-state index contributed by atoms with van der Waals surface area (Å²) < 4.78 is 5.58. The number of rotatable bonds is 19. The van der Waals surface area contributed by atoms with Crippen LogP contribution in [-0.2, 0) is 54.6 Å². The first-order valence-electron chi connectivity index (χ1n) is 25.4. The number of aliphatic hydroxyl groups excluding tert-OH is 1. The molecule has 1 aromatic heterocycles. The molecule has 4 rings (SSSR count). The Morgan fingerprint density at radius 2 is 1.62 bits per heavy atom. The molecule has 5 atom stereocenters. The molecule has 8 amide bonds. The first-order valence-corrected chi connectivity index (χ1v) is 27.7. The molecular formula is C49H80N10O10S2. The predicted molar refractivity (Wildman–Crippen MR) is 273 cm³/mol. The number of amides is 8. The number of unbranched alkanes of at least 4 members (excludes halogenated alkanes) is 3. The molecule has 3 aliphatic heterocycles. The molecule has 0 aromatic carbocycles. The van der Waals surface area contributed by atoms with Crippen molar-refractivity contribution in [3.8, 4) is 0 Å². The Hall–Kier alpha value is -4.51. The van der Waals surface area contributed by atoms with E-state index in [4.69, 9.17) is 20.6 Å². The Balaban J connectivity index is 1.43. The van der Waals surface area contributed by atoms with E-state index in [1.807, 2.05) is 50.8 Å². The van der Waals surface area contributed by atoms with Crippen LogP contribution in [0.2, 0.25) is 0 Å². The topological polar surface area (TPSA) is 292 Å². The molecule has 71 heavy (non-hydrogen) atoms. The third kappa shape index (κ3) is 20.9. The summed E-state index contributed by atoms with van der Waals surface area (Å²) in [5.41, 5.74) is 5.91. The average molecular weight is 1030 g/mol. The maximum Gasteiger partial charge on any atom is 0.246 e. The van der Waals surface area contributed by atoms with E-state index in [9.17, 15) is 38.4 Å². The summed E-state index contributed by atoms with van der Waals surface area (Å²) >= 11 is 2.98. The van der Waals surface area contributed by atoms with E-state index in [0.29, 0.717) is 56.2 Å². The van der Waals surface area contributed by atoms with E-state index in [0.717, 1.165) is 37.1 Å². The monoisotopic (exact) mass is 1030 g/mol. The highest BCUT2D eigenvalue weighted by Crippen LogP contribution is 2.24. The van der Waals surface area contributed by atoms with Gasteiger partial charge in [0.2, 0.25) is 47.3 Å². The minimum atomic E-state index is -1.28. The zero-order valence-corrected chi connectivity index (χ0v) is 43.8. The molecule has 4 heterocycles. The lowest BCUT2D eigenvalue weighted by Gasteiger charge is -2.38. The van der Waals surface area contributed by atoms with Gasteiger partial charge in [0.05, 0.1) is 17.9 Å². The molecule has 2 saturated heterocycles. The van der Waals surface area contributed by atoms with Crippen LogP contribution in [0.1, 0.15) is 123 Å². The first-order chi connectivity index (χ1) is 34.0. The number of nitrogens with two attached hydrogens (primary N) is 1. The number of aromatic nitrogens is 1. The molecule has 0 saturated carbocycles. The molecule has 10 N–H and O–H groups in total. The van der Waals surface area contributed by atoms with Gasteiger partial charge < -0.3 is 52.8 Å². The van der Waals surface area contributed by atoms with Gasteiger partial charge in [0.1, 0.15) is 29.7 Å². The lowest BCUT2D eigenvalue weighted by Crippen LogP contribution is -2.65. The normalized spacial score (nSPS) is 22.3. The average Bonchev–Trinajstić information content (AvgIpc) is 3.34. The zero-order chi connectivity index (χ0) is 51.8. The number of ether oxygens (including phenoxy) is 1. The highest BCUT2D eigenvalue weighted by Gasteiger charge is 2.43. The van der Waals surface area contributed by atoms with Crippen molar-refractivity contribution in [2.75, 3.05) is 57.5 Å². The summed E-state index contributed by atoms with van der Waals surface area (Å²) in [4.78, 5) is 115. The van der Waals surface area contributed by atoms with Crippen LogP contribution in [-0.4, -0.2) is 156 Å². The van der Waals surface area contributed by atoms with E-state index < -0.39 is 65.1 Å². The summed E-state index contributed by atoms with van der Waals surface area (Å²) in [6.07, 6.45) is 5.77. The second-order valence-electron chi connectivity index (χ2n) is 19.4. The van der Waals surface area contributed by atoms with Gasteiger partial charge in [-0.1, -0.05) is 53.0 Å². The van der Waals surface area contributed by atoms with Crippen molar-refractivity contribution in [2.45, 2.75) is 158 Å². The van der Waals surface area contributed by atoms with Gasteiger partial charge in [-0.2, -0.15) is 23.5 Å². The third-order valence-corrected chi connectivity index (χ3v) is 15.1. The number of primary amides is 1. The maximum absolute atomic E-state index is 14.4. The molecule has 2 fully saturated rings. The van der Waals surface area contributed by atoms with Gasteiger partial charge in [0.15, 0.2) is 0 Å². The van der Waals surface area contributed by atoms with Crippen LogP contribution in [0, 0.1) is 11.8 Å². The Morgan fingerprint density at radius 1 is 0.930 bits per heavy atom. The second kappa shape index (κ2) is 31.2. The van der Waals surface area contributed by atoms with Crippen molar-refractivity contribution in [3.63, 3.8) is 0 Å². The Morgan fingerprint density at radius 3 is 2.28 bits per heavy atom. The Kier molecular flexibility index (Phi) is 25.9. The third-order valence-electron chi connectivity index (χ3n) is 13.1. The van der Waals surface area contributed by atoms with Gasteiger partial charge in [-0.15, -0.1) is 0 Å². The van der Waals surface area contributed by atoms with Crippen LogP contribution in [0.4, 0.5) is 0 Å². The Labute approximate surface area is 427 Å². The van der Waals surface area contributed by atoms with Crippen molar-refractivity contribution >= 4 is 70.8 Å². The number of nitrogens with zero attached hydrogens (tertiary/aromatic N) is 2. The highest BCUT2D eigenvalue weighted by molar-refractivity contribution is 7.98. The fraction of sp³-hybridized carbons (Fsp3) is 0.735. The van der Waals surface area contributed by atoms with E-state index in [-0.39, 0.29) is 100 Å². The summed E-state index contributed by atoms with van der Waals surface area (Å²) in [5, 5.41) is 29.3. The summed E-state index contributed by atoms with van der Waals surface area (Å²) in [6.45, 7) is 9.64. The fourth-order valence-corrected chi connectivity index (χ4v) is 10.4. The van der Waals surface area contributed by atoms with Crippen molar-refractivity contribution in [3.05, 3.63) is 29.6 Å². The molecule has 2 bridgehead atoms. The van der Waals surface area contributed by atoms with Crippen LogP contribution in [0.5, 0.6) is 0 Å². The van der Waals surface area contributed by atoms with E-state index >= 15 is 0 Å². The summed E-state index contributed by atoms with van der Waals surface area (Å²) in [6, 6.07) is 1.37. The first kappa shape index (κ1) is 59.1. The second-order valence-corrected chi connectivity index (χ2v) is 21.5. The van der Waals surface area contributed by atoms with Crippen LogP contribution in [0.15, 0.2) is 18.2 Å². The molecule has 3 aliphatic rings. The number of hydrogen-bond acceptors (Lipinski definition) is 14. The van der Waals surface area contributed by atoms with Crippen molar-refractivity contribution in [2.24, 2.45) is 17.6 Å². The zero-order valence-electron chi connectivity index (χ0n) is 42.2. The molecule has 0 radical (unpaired) electrons. The lowest BCUT2D eigenvalue weighted by molar-refractivity contribution is -0.140. The number of carbonyl (C=O) groups excluding carboxylic acids is 8. The van der Waals surface area contributed by atoms with Crippen LogP contribution < -0.4 is 43.0 Å². The molecule has 1 aromatic rings. The maximum atomic E-state index is 14.4. The van der Waals surface area contributed by atoms with Crippen molar-refractivity contribution in [1.29, 1.82) is 0 Å². The van der Waals surface area contributed by atoms with E-state index in [1.54, 1.807) is 11.8 Å². The van der Waals surface area contributed by atoms with Gasteiger partial charge >= 0.3 is 0 Å². The number of carbonyl (C=O) groups is 8. The molecule has 20 nitrogen and oxygen atoms in total. The minimum absolute atomic E-state index is 0.00937. The number of piperidine rings is 1. The molecule has 1 spiro atoms. The molecular weight excluding hydrogens is 953 g/mol. The van der Waals surface area contributed by atoms with Crippen LogP contribution in [0.3, 0.4) is 0 Å². The van der Waals surface area contributed by atoms with Crippen molar-refractivity contribution in [1.82, 2.24) is 47.1 Å². The predicted octanol–water partition coefficient (Wildman–Crippen LogP) is 1.16. The van der Waals surface area contributed by atoms with Crippen LogP contribution >= 0.6 is 23.5 Å². The van der Waals surface area contributed by atoms with Gasteiger partial charge in [-0.3, -0.25) is 48.2 Å². The van der Waals surface area contributed by atoms with Gasteiger partial charge in [-0.05, 0) is 62.5 Å². The number of hydrogen-bond donors (Lipinski definition) is 9. The van der Waals surface area contributed by atoms with E-state index in [2.05, 4.69) is 37.2 Å². The minimum Gasteiger partial charge on any atom is -0.396 e. The molecule has 398 valence electrons. The quantitative estimate of drug-likeness (QED) is 0.0880. The van der Waals surface area contributed by atoms with E-state index in [1.165, 1.54) is 11.8 Å². The number of pyridine rings is 1. The van der Waals surface area contributed by atoms with Gasteiger partial charge in [0, 0.05) is 94.2 Å². The van der Waals surface area contributed by atoms with Crippen molar-refractivity contribution < 1.29 is 48.2 Å². The smallest absolute Gasteiger partial charge is 0.246 e. The molecule has 22 heteroatoms. The SMILES string of the molecule is CC[C@H](C)[C@@H]1NC(=O)[C@H](CC(C)C)NC(=O)C2(CCOCC2)NC(=O)CCSCc2cccc(n2)CSC[C@@H](C(=O)NC2CCN(CC(=O)N[C@H](CCC(=O)NCCCCCCO)C(N)=O)CC2)NC1=O. The number of nitrogens with one attached hydrogen (secondary N) is 7. The largest absolute Gasteiger partial charge is 0.396 e. The fourth-order valence-electron chi connectivity index (χ4n) is 8.62.